The Kier molecular flexibility index (Phi) is 7.77. The lowest BCUT2D eigenvalue weighted by atomic mass is 9.75. The van der Waals surface area contributed by atoms with E-state index in [0.717, 1.165) is 39.1 Å². The van der Waals surface area contributed by atoms with Crippen molar-refractivity contribution in [3.05, 3.63) is 133 Å². The third-order valence-corrected chi connectivity index (χ3v) is 9.14. The molecule has 4 aromatic carbocycles. The van der Waals surface area contributed by atoms with Crippen LogP contribution in [-0.2, 0) is 5.54 Å². The number of imidazole rings is 1. The van der Waals surface area contributed by atoms with E-state index in [-0.39, 0.29) is 11.9 Å². The Morgan fingerprint density at radius 3 is 2.09 bits per heavy atom. The van der Waals surface area contributed by atoms with Crippen molar-refractivity contribution in [1.82, 2.24) is 9.55 Å². The van der Waals surface area contributed by atoms with E-state index in [4.69, 9.17) is 44.5 Å². The van der Waals surface area contributed by atoms with Crippen LogP contribution >= 0.6 is 34.8 Å². The van der Waals surface area contributed by atoms with Gasteiger partial charge >= 0.3 is 0 Å². The third-order valence-electron chi connectivity index (χ3n) is 8.44. The molecular formula is C36H32Cl3N3O2. The lowest BCUT2D eigenvalue weighted by Gasteiger charge is -2.43. The molecule has 5 nitrogen and oxygen atoms in total. The van der Waals surface area contributed by atoms with Crippen molar-refractivity contribution >= 4 is 46.4 Å². The first-order chi connectivity index (χ1) is 21.0. The Labute approximate surface area is 273 Å². The second-order valence-corrected chi connectivity index (χ2v) is 12.8. The molecule has 0 saturated carbocycles. The summed E-state index contributed by atoms with van der Waals surface area (Å²) < 4.78 is 7.94. The SMILES string of the molecule is COc1ccccc1-c1nc2c(n1C(C)C)C(c1ccc(Cl)cc1C)(c1cc(Cl)ccc1C)N(c1cc(Cl)ccc1C)C2=O. The smallest absolute Gasteiger partial charge is 0.280 e. The molecule has 0 radical (unpaired) electrons. The molecule has 0 N–H and O–H groups in total. The number of carbonyl (C=O) groups is 1. The Balaban J connectivity index is 1.87. The highest BCUT2D eigenvalue weighted by Crippen LogP contribution is 2.55. The summed E-state index contributed by atoms with van der Waals surface area (Å²) in [5.41, 5.74) is 5.89. The zero-order chi connectivity index (χ0) is 31.5. The van der Waals surface area contributed by atoms with Crippen LogP contribution in [0.25, 0.3) is 11.4 Å². The molecule has 44 heavy (non-hydrogen) atoms. The predicted molar refractivity (Wildman–Crippen MR) is 180 cm³/mol. The molecule has 0 aliphatic carbocycles. The van der Waals surface area contributed by atoms with Crippen molar-refractivity contribution in [2.45, 2.75) is 46.2 Å². The minimum atomic E-state index is -1.19. The van der Waals surface area contributed by atoms with E-state index in [0.29, 0.717) is 38.0 Å². The highest BCUT2D eigenvalue weighted by atomic mass is 35.5. The standard InChI is InChI=1S/C36H32Cl3N3O2/c1-20(2)41-33-32(40-34(41)27-9-7-8-10-31(27)44-6)35(43)42(30-19-26(39)14-12-22(30)4)36(33,28-16-15-24(37)17-23(28)5)29-18-25(38)13-11-21(29)3/h7-20H,1-6H3. The number of anilines is 1. The number of ether oxygens (including phenoxy) is 1. The minimum Gasteiger partial charge on any atom is -0.496 e. The van der Waals surface area contributed by atoms with Crippen molar-refractivity contribution in [3.63, 3.8) is 0 Å². The quantitative estimate of drug-likeness (QED) is 0.185. The molecule has 5 aromatic rings. The summed E-state index contributed by atoms with van der Waals surface area (Å²) in [5, 5.41) is 1.68. The molecule has 0 saturated heterocycles. The van der Waals surface area contributed by atoms with Crippen molar-refractivity contribution in [1.29, 1.82) is 0 Å². The molecule has 1 atom stereocenters. The maximum Gasteiger partial charge on any atom is 0.280 e. The molecule has 6 rings (SSSR count). The van der Waals surface area contributed by atoms with Crippen LogP contribution in [0.1, 0.15) is 63.9 Å². The summed E-state index contributed by atoms with van der Waals surface area (Å²) in [4.78, 5) is 22.1. The number of rotatable bonds is 6. The molecule has 1 aliphatic heterocycles. The van der Waals surface area contributed by atoms with Crippen LogP contribution < -0.4 is 9.64 Å². The number of aromatic nitrogens is 2. The molecule has 224 valence electrons. The number of methoxy groups -OCH3 is 1. The topological polar surface area (TPSA) is 47.4 Å². The number of halogens is 3. The van der Waals surface area contributed by atoms with Gasteiger partial charge in [0.15, 0.2) is 5.69 Å². The van der Waals surface area contributed by atoms with Crippen LogP contribution in [0.15, 0.2) is 78.9 Å². The molecule has 1 unspecified atom stereocenters. The zero-order valence-corrected chi connectivity index (χ0v) is 27.6. The van der Waals surface area contributed by atoms with E-state index in [2.05, 4.69) is 18.4 Å². The van der Waals surface area contributed by atoms with Gasteiger partial charge in [-0.05, 0) is 111 Å². The average Bonchev–Trinajstić information content (AvgIpc) is 3.50. The summed E-state index contributed by atoms with van der Waals surface area (Å²) in [7, 11) is 1.64. The first-order valence-electron chi connectivity index (χ1n) is 14.4. The fourth-order valence-corrected chi connectivity index (χ4v) is 7.15. The average molecular weight is 645 g/mol. The Hall–Kier alpha value is -3.77. The first kappa shape index (κ1) is 30.3. The number of carbonyl (C=O) groups excluding carboxylic acids is 1. The maximum atomic E-state index is 15.1. The van der Waals surface area contributed by atoms with Gasteiger partial charge in [-0.15, -0.1) is 0 Å². The lowest BCUT2D eigenvalue weighted by molar-refractivity contribution is 0.0982. The van der Waals surface area contributed by atoms with E-state index < -0.39 is 5.54 Å². The Morgan fingerprint density at radius 2 is 1.41 bits per heavy atom. The number of aryl methyl sites for hydroxylation is 3. The number of benzene rings is 4. The van der Waals surface area contributed by atoms with Gasteiger partial charge in [0.05, 0.1) is 24.1 Å². The van der Waals surface area contributed by atoms with Gasteiger partial charge in [-0.1, -0.05) is 65.1 Å². The Bertz CT molecular complexity index is 1950. The highest BCUT2D eigenvalue weighted by molar-refractivity contribution is 6.31. The lowest BCUT2D eigenvalue weighted by Crippen LogP contribution is -2.48. The zero-order valence-electron chi connectivity index (χ0n) is 25.4. The second-order valence-electron chi connectivity index (χ2n) is 11.5. The normalized spacial score (nSPS) is 16.1. The van der Waals surface area contributed by atoms with Crippen LogP contribution in [0, 0.1) is 20.8 Å². The van der Waals surface area contributed by atoms with Gasteiger partial charge in [0.1, 0.15) is 17.1 Å². The van der Waals surface area contributed by atoms with Crippen molar-refractivity contribution in [2.75, 3.05) is 12.0 Å². The predicted octanol–water partition coefficient (Wildman–Crippen LogP) is 9.98. The molecule has 1 aromatic heterocycles. The summed E-state index contributed by atoms with van der Waals surface area (Å²) in [6.07, 6.45) is 0. The van der Waals surface area contributed by atoms with Gasteiger partial charge in [-0.3, -0.25) is 9.69 Å². The number of amides is 1. The first-order valence-corrected chi connectivity index (χ1v) is 15.5. The fraction of sp³-hybridized carbons (Fsp3) is 0.222. The van der Waals surface area contributed by atoms with E-state index in [9.17, 15) is 0 Å². The summed E-state index contributed by atoms with van der Waals surface area (Å²) in [6, 6.07) is 24.9. The van der Waals surface area contributed by atoms with Crippen LogP contribution in [-0.4, -0.2) is 22.6 Å². The van der Waals surface area contributed by atoms with Crippen molar-refractivity contribution in [3.8, 4) is 17.1 Å². The molecular weight excluding hydrogens is 613 g/mol. The van der Waals surface area contributed by atoms with E-state index >= 15 is 4.79 Å². The molecule has 0 fully saturated rings. The number of hydrogen-bond acceptors (Lipinski definition) is 3. The number of para-hydroxylation sites is 1. The van der Waals surface area contributed by atoms with E-state index in [1.807, 2.05) is 105 Å². The van der Waals surface area contributed by atoms with Gasteiger partial charge < -0.3 is 9.30 Å². The number of fused-ring (bicyclic) bond motifs is 1. The van der Waals surface area contributed by atoms with Gasteiger partial charge in [-0.2, -0.15) is 0 Å². The van der Waals surface area contributed by atoms with E-state index in [1.54, 1.807) is 7.11 Å². The molecule has 1 amide bonds. The second kappa shape index (κ2) is 11.3. The van der Waals surface area contributed by atoms with Crippen molar-refractivity contribution < 1.29 is 9.53 Å². The van der Waals surface area contributed by atoms with Crippen molar-refractivity contribution in [2.24, 2.45) is 0 Å². The molecule has 0 bridgehead atoms. The summed E-state index contributed by atoms with van der Waals surface area (Å²) in [5.74, 6) is 1.07. The van der Waals surface area contributed by atoms with Crippen LogP contribution in [0.4, 0.5) is 5.69 Å². The fourth-order valence-electron chi connectivity index (χ4n) is 6.59. The molecule has 0 spiro atoms. The van der Waals surface area contributed by atoms with Gasteiger partial charge in [0.25, 0.3) is 5.91 Å². The van der Waals surface area contributed by atoms with E-state index in [1.165, 1.54) is 0 Å². The minimum absolute atomic E-state index is 0.0918. The molecule has 1 aliphatic rings. The largest absolute Gasteiger partial charge is 0.496 e. The van der Waals surface area contributed by atoms with Crippen LogP contribution in [0.3, 0.4) is 0 Å². The number of hydrogen-bond donors (Lipinski definition) is 0. The van der Waals surface area contributed by atoms with Gasteiger partial charge in [0.2, 0.25) is 0 Å². The number of nitrogens with zero attached hydrogens (tertiary/aromatic N) is 3. The summed E-state index contributed by atoms with van der Waals surface area (Å²) >= 11 is 20.0. The van der Waals surface area contributed by atoms with Gasteiger partial charge in [0, 0.05) is 21.1 Å². The monoisotopic (exact) mass is 643 g/mol. The maximum absolute atomic E-state index is 15.1. The molecule has 8 heteroatoms. The van der Waals surface area contributed by atoms with Crippen LogP contribution in [0.2, 0.25) is 15.1 Å². The van der Waals surface area contributed by atoms with Gasteiger partial charge in [-0.25, -0.2) is 4.98 Å². The molecule has 2 heterocycles. The highest BCUT2D eigenvalue weighted by Gasteiger charge is 2.58. The Morgan fingerprint density at radius 1 is 0.773 bits per heavy atom. The third kappa shape index (κ3) is 4.52. The van der Waals surface area contributed by atoms with Crippen LogP contribution in [0.5, 0.6) is 5.75 Å². The summed E-state index contributed by atoms with van der Waals surface area (Å²) in [6.45, 7) is 10.2.